The van der Waals surface area contributed by atoms with Crippen LogP contribution >= 0.6 is 23.2 Å². The number of aromatic nitrogens is 1. The standard InChI is InChI=1S/C20H17Cl2N3O3S/c1-25(13-17-4-2-3-11-23-17)20(26)14-5-8-16(9-6-14)24-29(27,28)19-12-15(21)7-10-18(19)22/h2-12,24H,13H2,1H3. The Morgan fingerprint density at radius 2 is 1.79 bits per heavy atom. The monoisotopic (exact) mass is 449 g/mol. The molecule has 3 rings (SSSR count). The molecular formula is C20H17Cl2N3O3S. The lowest BCUT2D eigenvalue weighted by Crippen LogP contribution is -2.26. The van der Waals surface area contributed by atoms with Gasteiger partial charge in [-0.2, -0.15) is 0 Å². The zero-order chi connectivity index (χ0) is 21.0. The maximum atomic E-state index is 12.6. The summed E-state index contributed by atoms with van der Waals surface area (Å²) in [5.41, 5.74) is 1.49. The van der Waals surface area contributed by atoms with Crippen molar-refractivity contribution in [2.24, 2.45) is 0 Å². The van der Waals surface area contributed by atoms with Crippen LogP contribution < -0.4 is 4.72 Å². The Kier molecular flexibility index (Phi) is 6.42. The Balaban J connectivity index is 1.72. The predicted molar refractivity (Wildman–Crippen MR) is 114 cm³/mol. The van der Waals surface area contributed by atoms with Gasteiger partial charge >= 0.3 is 0 Å². The molecule has 1 N–H and O–H groups in total. The Hall–Kier alpha value is -2.61. The number of amides is 1. The van der Waals surface area contributed by atoms with Crippen LogP contribution in [0.15, 0.2) is 71.8 Å². The number of sulfonamides is 1. The predicted octanol–water partition coefficient (Wildman–Crippen LogP) is 4.46. The molecule has 29 heavy (non-hydrogen) atoms. The number of halogens is 2. The van der Waals surface area contributed by atoms with E-state index in [-0.39, 0.29) is 20.8 Å². The summed E-state index contributed by atoms with van der Waals surface area (Å²) >= 11 is 11.9. The maximum Gasteiger partial charge on any atom is 0.263 e. The quantitative estimate of drug-likeness (QED) is 0.602. The van der Waals surface area contributed by atoms with Crippen molar-refractivity contribution in [3.63, 3.8) is 0 Å². The molecule has 9 heteroatoms. The number of carbonyl (C=O) groups excluding carboxylic acids is 1. The van der Waals surface area contributed by atoms with Crippen molar-refractivity contribution in [2.75, 3.05) is 11.8 Å². The minimum absolute atomic E-state index is 0.0600. The first-order valence-corrected chi connectivity index (χ1v) is 10.7. The number of hydrogen-bond acceptors (Lipinski definition) is 4. The van der Waals surface area contributed by atoms with E-state index in [1.807, 2.05) is 18.2 Å². The molecule has 150 valence electrons. The molecule has 1 heterocycles. The van der Waals surface area contributed by atoms with Gasteiger partial charge in [0.15, 0.2) is 0 Å². The van der Waals surface area contributed by atoms with E-state index in [1.165, 1.54) is 35.2 Å². The minimum atomic E-state index is -3.93. The Morgan fingerprint density at radius 1 is 1.07 bits per heavy atom. The molecule has 0 spiro atoms. The zero-order valence-electron chi connectivity index (χ0n) is 15.3. The summed E-state index contributed by atoms with van der Waals surface area (Å²) in [7, 11) is -2.25. The van der Waals surface area contributed by atoms with Gasteiger partial charge in [0.1, 0.15) is 4.90 Å². The van der Waals surface area contributed by atoms with E-state index >= 15 is 0 Å². The molecule has 0 atom stereocenters. The number of anilines is 1. The van der Waals surface area contributed by atoms with Gasteiger partial charge in [0.05, 0.1) is 17.3 Å². The average Bonchev–Trinajstić information content (AvgIpc) is 2.70. The van der Waals surface area contributed by atoms with Crippen LogP contribution in [0.2, 0.25) is 10.0 Å². The summed E-state index contributed by atoms with van der Waals surface area (Å²) in [6, 6.07) is 15.8. The van der Waals surface area contributed by atoms with E-state index in [0.29, 0.717) is 17.8 Å². The largest absolute Gasteiger partial charge is 0.336 e. The van der Waals surface area contributed by atoms with Gasteiger partial charge in [0.2, 0.25) is 0 Å². The van der Waals surface area contributed by atoms with Gasteiger partial charge in [0.25, 0.3) is 15.9 Å². The molecule has 3 aromatic rings. The summed E-state index contributed by atoms with van der Waals surface area (Å²) in [6.45, 7) is 0.362. The van der Waals surface area contributed by atoms with Crippen LogP contribution in [-0.4, -0.2) is 31.3 Å². The Labute approximate surface area is 179 Å². The van der Waals surface area contributed by atoms with Crippen molar-refractivity contribution in [3.05, 3.63) is 88.2 Å². The van der Waals surface area contributed by atoms with Gasteiger partial charge < -0.3 is 4.90 Å². The van der Waals surface area contributed by atoms with Gasteiger partial charge in [-0.15, -0.1) is 0 Å². The second-order valence-corrected chi connectivity index (χ2v) is 8.73. The van der Waals surface area contributed by atoms with Crippen molar-refractivity contribution in [3.8, 4) is 0 Å². The van der Waals surface area contributed by atoms with Crippen LogP contribution in [0.4, 0.5) is 5.69 Å². The molecule has 6 nitrogen and oxygen atoms in total. The van der Waals surface area contributed by atoms with Crippen LogP contribution in [0.3, 0.4) is 0 Å². The molecular weight excluding hydrogens is 433 g/mol. The fraction of sp³-hybridized carbons (Fsp3) is 0.100. The number of pyridine rings is 1. The molecule has 0 aliphatic carbocycles. The highest BCUT2D eigenvalue weighted by molar-refractivity contribution is 7.92. The normalized spacial score (nSPS) is 11.1. The molecule has 0 fully saturated rings. The van der Waals surface area contributed by atoms with E-state index in [2.05, 4.69) is 9.71 Å². The lowest BCUT2D eigenvalue weighted by atomic mass is 10.2. The second kappa shape index (κ2) is 8.82. The smallest absolute Gasteiger partial charge is 0.263 e. The number of benzene rings is 2. The first-order valence-electron chi connectivity index (χ1n) is 8.49. The second-order valence-electron chi connectivity index (χ2n) is 6.24. The van der Waals surface area contributed by atoms with Crippen LogP contribution in [0, 0.1) is 0 Å². The summed E-state index contributed by atoms with van der Waals surface area (Å²) in [5.74, 6) is -0.206. The van der Waals surface area contributed by atoms with Gasteiger partial charge in [-0.05, 0) is 54.6 Å². The third-order valence-electron chi connectivity index (χ3n) is 4.04. The summed E-state index contributed by atoms with van der Waals surface area (Å²) in [5, 5.41) is 0.316. The Bertz CT molecular complexity index is 1120. The van der Waals surface area contributed by atoms with Gasteiger partial charge in [0, 0.05) is 29.5 Å². The highest BCUT2D eigenvalue weighted by atomic mass is 35.5. The van der Waals surface area contributed by atoms with Crippen molar-refractivity contribution < 1.29 is 13.2 Å². The van der Waals surface area contributed by atoms with Crippen LogP contribution in [0.25, 0.3) is 0 Å². The highest BCUT2D eigenvalue weighted by Gasteiger charge is 2.19. The number of carbonyl (C=O) groups is 1. The molecule has 1 amide bonds. The molecule has 0 aliphatic heterocycles. The fourth-order valence-corrected chi connectivity index (χ4v) is 4.42. The molecule has 0 saturated carbocycles. The highest BCUT2D eigenvalue weighted by Crippen LogP contribution is 2.27. The van der Waals surface area contributed by atoms with Crippen LogP contribution in [0.5, 0.6) is 0 Å². The number of nitrogens with one attached hydrogen (secondary N) is 1. The third kappa shape index (κ3) is 5.26. The summed E-state index contributed by atoms with van der Waals surface area (Å²) < 4.78 is 27.6. The number of nitrogens with zero attached hydrogens (tertiary/aromatic N) is 2. The van der Waals surface area contributed by atoms with Crippen molar-refractivity contribution in [2.45, 2.75) is 11.4 Å². The molecule has 0 saturated heterocycles. The lowest BCUT2D eigenvalue weighted by molar-refractivity contribution is 0.0783. The third-order valence-corrected chi connectivity index (χ3v) is 6.14. The minimum Gasteiger partial charge on any atom is -0.336 e. The van der Waals surface area contributed by atoms with Crippen LogP contribution in [0.1, 0.15) is 16.1 Å². The van der Waals surface area contributed by atoms with Crippen molar-refractivity contribution in [1.82, 2.24) is 9.88 Å². The summed E-state index contributed by atoms with van der Waals surface area (Å²) in [6.07, 6.45) is 1.67. The van der Waals surface area contributed by atoms with E-state index < -0.39 is 10.0 Å². The fourth-order valence-electron chi connectivity index (χ4n) is 2.60. The molecule has 0 bridgehead atoms. The first-order chi connectivity index (χ1) is 13.8. The van der Waals surface area contributed by atoms with Crippen LogP contribution in [-0.2, 0) is 16.6 Å². The van der Waals surface area contributed by atoms with Crippen molar-refractivity contribution >= 4 is 44.8 Å². The van der Waals surface area contributed by atoms with E-state index in [9.17, 15) is 13.2 Å². The van der Waals surface area contributed by atoms with Crippen molar-refractivity contribution in [1.29, 1.82) is 0 Å². The molecule has 0 aliphatic rings. The molecule has 0 unspecified atom stereocenters. The topological polar surface area (TPSA) is 79.4 Å². The molecule has 2 aromatic carbocycles. The van der Waals surface area contributed by atoms with Gasteiger partial charge in [-0.1, -0.05) is 29.3 Å². The molecule has 1 aromatic heterocycles. The summed E-state index contributed by atoms with van der Waals surface area (Å²) in [4.78, 5) is 18.2. The lowest BCUT2D eigenvalue weighted by Gasteiger charge is -2.17. The SMILES string of the molecule is CN(Cc1ccccn1)C(=O)c1ccc(NS(=O)(=O)c2cc(Cl)ccc2Cl)cc1. The maximum absolute atomic E-state index is 12.6. The zero-order valence-corrected chi connectivity index (χ0v) is 17.7. The van der Waals surface area contributed by atoms with E-state index in [1.54, 1.807) is 25.4 Å². The van der Waals surface area contributed by atoms with E-state index in [4.69, 9.17) is 23.2 Å². The first kappa shape index (κ1) is 21.1. The average molecular weight is 450 g/mol. The van der Waals surface area contributed by atoms with E-state index in [0.717, 1.165) is 5.69 Å². The number of rotatable bonds is 6. The number of hydrogen-bond donors (Lipinski definition) is 1. The molecule has 0 radical (unpaired) electrons. The van der Waals surface area contributed by atoms with Gasteiger partial charge in [-0.25, -0.2) is 8.42 Å². The van der Waals surface area contributed by atoms with Gasteiger partial charge in [-0.3, -0.25) is 14.5 Å². The Morgan fingerprint density at radius 3 is 2.45 bits per heavy atom.